The summed E-state index contributed by atoms with van der Waals surface area (Å²) < 4.78 is 5.44. The standard InChI is InChI=1S/C11H14N2O/c1-11(2,3)8-9-7(14-10(8)12)5-4-6-13-9/h4-6H,12H2,1-3H3. The third kappa shape index (κ3) is 1.25. The normalized spacial score (nSPS) is 12.2. The lowest BCUT2D eigenvalue weighted by Gasteiger charge is -2.16. The van der Waals surface area contributed by atoms with E-state index in [0.29, 0.717) is 5.88 Å². The number of hydrogen-bond acceptors (Lipinski definition) is 3. The summed E-state index contributed by atoms with van der Waals surface area (Å²) in [5.74, 6) is 0.478. The molecular formula is C11H14N2O. The molecule has 0 unspecified atom stereocenters. The molecule has 3 nitrogen and oxygen atoms in total. The van der Waals surface area contributed by atoms with Gasteiger partial charge in [0.15, 0.2) is 11.5 Å². The molecule has 2 heterocycles. The van der Waals surface area contributed by atoms with Gasteiger partial charge < -0.3 is 10.2 Å². The van der Waals surface area contributed by atoms with Gasteiger partial charge in [-0.15, -0.1) is 0 Å². The lowest BCUT2D eigenvalue weighted by atomic mass is 9.87. The molecule has 0 saturated carbocycles. The van der Waals surface area contributed by atoms with Crippen LogP contribution in [0.5, 0.6) is 0 Å². The molecule has 74 valence electrons. The maximum Gasteiger partial charge on any atom is 0.197 e. The molecule has 0 aromatic carbocycles. The molecule has 0 atom stereocenters. The average molecular weight is 190 g/mol. The van der Waals surface area contributed by atoms with Crippen LogP contribution in [-0.4, -0.2) is 4.98 Å². The summed E-state index contributed by atoms with van der Waals surface area (Å²) in [5, 5.41) is 0. The minimum atomic E-state index is -0.0380. The minimum Gasteiger partial charge on any atom is -0.439 e. The van der Waals surface area contributed by atoms with Crippen LogP contribution in [0.3, 0.4) is 0 Å². The number of rotatable bonds is 0. The first-order valence-corrected chi connectivity index (χ1v) is 4.63. The number of aromatic nitrogens is 1. The van der Waals surface area contributed by atoms with Gasteiger partial charge in [0.05, 0.1) is 0 Å². The summed E-state index contributed by atoms with van der Waals surface area (Å²) >= 11 is 0. The molecule has 2 rings (SSSR count). The van der Waals surface area contributed by atoms with E-state index in [9.17, 15) is 0 Å². The number of nitrogens with two attached hydrogens (primary N) is 1. The van der Waals surface area contributed by atoms with Crippen molar-refractivity contribution in [2.75, 3.05) is 5.73 Å². The van der Waals surface area contributed by atoms with Crippen molar-refractivity contribution in [3.63, 3.8) is 0 Å². The van der Waals surface area contributed by atoms with Gasteiger partial charge in [0.2, 0.25) is 0 Å². The molecule has 0 radical (unpaired) electrons. The number of pyridine rings is 1. The monoisotopic (exact) mass is 190 g/mol. The highest BCUT2D eigenvalue weighted by Crippen LogP contribution is 2.35. The van der Waals surface area contributed by atoms with E-state index in [1.165, 1.54) is 0 Å². The second-order valence-electron chi connectivity index (χ2n) is 4.44. The fourth-order valence-corrected chi connectivity index (χ4v) is 1.67. The summed E-state index contributed by atoms with van der Waals surface area (Å²) in [4.78, 5) is 4.29. The largest absolute Gasteiger partial charge is 0.439 e. The van der Waals surface area contributed by atoms with E-state index >= 15 is 0 Å². The fraction of sp³-hybridized carbons (Fsp3) is 0.364. The van der Waals surface area contributed by atoms with Crippen molar-refractivity contribution in [1.29, 1.82) is 0 Å². The molecule has 0 aliphatic heterocycles. The first kappa shape index (κ1) is 9.06. The van der Waals surface area contributed by atoms with Crippen LogP contribution in [0.25, 0.3) is 11.1 Å². The van der Waals surface area contributed by atoms with Gasteiger partial charge in [0.1, 0.15) is 5.52 Å². The van der Waals surface area contributed by atoms with Crippen LogP contribution in [0.4, 0.5) is 5.88 Å². The molecular weight excluding hydrogens is 176 g/mol. The van der Waals surface area contributed by atoms with Crippen LogP contribution in [0.1, 0.15) is 26.3 Å². The minimum absolute atomic E-state index is 0.0380. The van der Waals surface area contributed by atoms with Crippen molar-refractivity contribution in [2.45, 2.75) is 26.2 Å². The van der Waals surface area contributed by atoms with Crippen LogP contribution >= 0.6 is 0 Å². The lowest BCUT2D eigenvalue weighted by Crippen LogP contribution is -2.12. The van der Waals surface area contributed by atoms with Crippen molar-refractivity contribution in [3.05, 3.63) is 23.9 Å². The van der Waals surface area contributed by atoms with Gasteiger partial charge in [0.25, 0.3) is 0 Å². The zero-order valence-electron chi connectivity index (χ0n) is 8.66. The van der Waals surface area contributed by atoms with Crippen LogP contribution in [0, 0.1) is 0 Å². The molecule has 2 aromatic rings. The number of hydrogen-bond donors (Lipinski definition) is 1. The Labute approximate surface area is 82.9 Å². The van der Waals surface area contributed by atoms with Gasteiger partial charge >= 0.3 is 0 Å². The lowest BCUT2D eigenvalue weighted by molar-refractivity contribution is 0.571. The van der Waals surface area contributed by atoms with Crippen molar-refractivity contribution in [2.24, 2.45) is 0 Å². The molecule has 3 heteroatoms. The van der Waals surface area contributed by atoms with Crippen molar-refractivity contribution in [1.82, 2.24) is 4.98 Å². The predicted octanol–water partition coefficient (Wildman–Crippen LogP) is 2.71. The molecule has 0 fully saturated rings. The Bertz CT molecular complexity index is 466. The van der Waals surface area contributed by atoms with Gasteiger partial charge in [-0.25, -0.2) is 0 Å². The molecule has 2 aromatic heterocycles. The fourth-order valence-electron chi connectivity index (χ4n) is 1.67. The Morgan fingerprint density at radius 1 is 1.36 bits per heavy atom. The molecule has 0 aliphatic rings. The maximum atomic E-state index is 5.83. The number of fused-ring (bicyclic) bond motifs is 1. The third-order valence-corrected chi connectivity index (χ3v) is 2.22. The molecule has 0 aliphatic carbocycles. The van der Waals surface area contributed by atoms with Gasteiger partial charge in [-0.2, -0.15) is 0 Å². The van der Waals surface area contributed by atoms with E-state index in [1.807, 2.05) is 12.1 Å². The van der Waals surface area contributed by atoms with E-state index in [4.69, 9.17) is 10.2 Å². The smallest absolute Gasteiger partial charge is 0.197 e. The van der Waals surface area contributed by atoms with Crippen LogP contribution in [0.2, 0.25) is 0 Å². The molecule has 0 bridgehead atoms. The van der Waals surface area contributed by atoms with Gasteiger partial charge in [0, 0.05) is 11.8 Å². The molecule has 0 spiro atoms. The van der Waals surface area contributed by atoms with E-state index in [0.717, 1.165) is 16.7 Å². The number of nitrogens with zero attached hydrogens (tertiary/aromatic N) is 1. The predicted molar refractivity (Wildman–Crippen MR) is 57.1 cm³/mol. The maximum absolute atomic E-state index is 5.83. The van der Waals surface area contributed by atoms with E-state index in [2.05, 4.69) is 25.8 Å². The van der Waals surface area contributed by atoms with Crippen molar-refractivity contribution < 1.29 is 4.42 Å². The SMILES string of the molecule is CC(C)(C)c1c(N)oc2cccnc12. The summed E-state index contributed by atoms with van der Waals surface area (Å²) in [6.45, 7) is 6.30. The third-order valence-electron chi connectivity index (χ3n) is 2.22. The molecule has 0 saturated heterocycles. The van der Waals surface area contributed by atoms with Crippen LogP contribution in [-0.2, 0) is 5.41 Å². The molecule has 2 N–H and O–H groups in total. The van der Waals surface area contributed by atoms with E-state index in [1.54, 1.807) is 6.20 Å². The average Bonchev–Trinajstić information content (AvgIpc) is 2.38. The Kier molecular flexibility index (Phi) is 1.77. The quantitative estimate of drug-likeness (QED) is 0.694. The first-order chi connectivity index (χ1) is 6.50. The van der Waals surface area contributed by atoms with E-state index in [-0.39, 0.29) is 5.41 Å². The zero-order valence-corrected chi connectivity index (χ0v) is 8.66. The number of furan rings is 1. The van der Waals surface area contributed by atoms with E-state index < -0.39 is 0 Å². The highest BCUT2D eigenvalue weighted by molar-refractivity contribution is 5.82. The number of nitrogen functional groups attached to an aromatic ring is 1. The Hall–Kier alpha value is -1.51. The molecule has 0 amide bonds. The highest BCUT2D eigenvalue weighted by Gasteiger charge is 2.24. The van der Waals surface area contributed by atoms with Crippen molar-refractivity contribution >= 4 is 17.0 Å². The van der Waals surface area contributed by atoms with Gasteiger partial charge in [-0.3, -0.25) is 4.98 Å². The highest BCUT2D eigenvalue weighted by atomic mass is 16.3. The molecule has 14 heavy (non-hydrogen) atoms. The Balaban J connectivity index is 2.81. The van der Waals surface area contributed by atoms with Crippen molar-refractivity contribution in [3.8, 4) is 0 Å². The Morgan fingerprint density at radius 3 is 2.71 bits per heavy atom. The summed E-state index contributed by atoms with van der Waals surface area (Å²) in [7, 11) is 0. The summed E-state index contributed by atoms with van der Waals surface area (Å²) in [6.07, 6.45) is 1.76. The second-order valence-corrected chi connectivity index (χ2v) is 4.44. The Morgan fingerprint density at radius 2 is 2.07 bits per heavy atom. The van der Waals surface area contributed by atoms with Gasteiger partial charge in [-0.05, 0) is 17.5 Å². The number of anilines is 1. The van der Waals surface area contributed by atoms with Gasteiger partial charge in [-0.1, -0.05) is 20.8 Å². The summed E-state index contributed by atoms with van der Waals surface area (Å²) in [6, 6.07) is 3.73. The topological polar surface area (TPSA) is 52.0 Å². The zero-order chi connectivity index (χ0) is 10.3. The summed E-state index contributed by atoms with van der Waals surface area (Å²) in [5.41, 5.74) is 8.42. The van der Waals surface area contributed by atoms with Crippen LogP contribution < -0.4 is 5.73 Å². The first-order valence-electron chi connectivity index (χ1n) is 4.63. The van der Waals surface area contributed by atoms with Crippen LogP contribution in [0.15, 0.2) is 22.7 Å². The second kappa shape index (κ2) is 2.74.